The molecule has 0 spiro atoms. The molecular weight excluding hydrogens is 997 g/mol. The van der Waals surface area contributed by atoms with Gasteiger partial charge in [-0.2, -0.15) is 0 Å². The predicted octanol–water partition coefficient (Wildman–Crippen LogP) is 25.8. The Morgan fingerprint density at radius 2 is 0.333 bits per heavy atom. The van der Waals surface area contributed by atoms with E-state index in [-0.39, 0.29) is 31.1 Å². The Hall–Kier alpha value is -1.59. The maximum absolute atomic E-state index is 13.0. The molecular formula is C75H146O6. The third-order valence-electron chi connectivity index (χ3n) is 17.6. The quantitative estimate of drug-likeness (QED) is 0.0343. The first kappa shape index (κ1) is 79.4. The lowest BCUT2D eigenvalue weighted by atomic mass is 10.0. The van der Waals surface area contributed by atoms with Crippen molar-refractivity contribution >= 4 is 17.9 Å². The lowest BCUT2D eigenvalue weighted by molar-refractivity contribution is -0.167. The van der Waals surface area contributed by atoms with Crippen molar-refractivity contribution in [3.8, 4) is 0 Å². The zero-order chi connectivity index (χ0) is 58.5. The van der Waals surface area contributed by atoms with Gasteiger partial charge < -0.3 is 14.2 Å². The SMILES string of the molecule is CCCCCCCCCCCCCCCCCCCCCCCCCCCCCCCCC(=O)OCC(COC(=O)CCCCCCCCCCCCCCC)OC(=O)CCCCCCCCCCCCCCCCCCCCCC. The van der Waals surface area contributed by atoms with Crippen LogP contribution in [0.25, 0.3) is 0 Å². The predicted molar refractivity (Wildman–Crippen MR) is 354 cm³/mol. The molecule has 0 aromatic rings. The van der Waals surface area contributed by atoms with Gasteiger partial charge in [0, 0.05) is 19.3 Å². The fraction of sp³-hybridized carbons (Fsp3) is 0.960. The average Bonchev–Trinajstić information content (AvgIpc) is 3.46. The van der Waals surface area contributed by atoms with Crippen molar-refractivity contribution in [3.05, 3.63) is 0 Å². The first-order chi connectivity index (χ1) is 40.0. The normalized spacial score (nSPS) is 11.9. The van der Waals surface area contributed by atoms with Crippen LogP contribution < -0.4 is 0 Å². The Bertz CT molecular complexity index is 1220. The molecule has 6 nitrogen and oxygen atoms in total. The third kappa shape index (κ3) is 69.1. The van der Waals surface area contributed by atoms with Gasteiger partial charge in [-0.05, 0) is 19.3 Å². The van der Waals surface area contributed by atoms with Gasteiger partial charge in [-0.15, -0.1) is 0 Å². The minimum Gasteiger partial charge on any atom is -0.462 e. The number of carbonyl (C=O) groups is 3. The molecule has 0 rings (SSSR count). The van der Waals surface area contributed by atoms with Crippen LogP contribution in [0, 0.1) is 0 Å². The van der Waals surface area contributed by atoms with E-state index in [1.54, 1.807) is 0 Å². The standard InChI is InChI=1S/C75H146O6/c1-4-7-10-13-16-19-22-25-27-29-31-33-34-35-36-37-38-39-40-41-42-44-45-47-50-53-56-59-62-65-68-74(77)80-71-72(70-79-73(76)67-64-61-58-55-52-49-24-21-18-15-12-9-6-3)81-75(78)69-66-63-60-57-54-51-48-46-43-32-30-28-26-23-20-17-14-11-8-5-2/h72H,4-71H2,1-3H3. The molecule has 0 heterocycles. The summed E-state index contributed by atoms with van der Waals surface area (Å²) >= 11 is 0. The molecule has 81 heavy (non-hydrogen) atoms. The highest BCUT2D eigenvalue weighted by molar-refractivity contribution is 5.71. The van der Waals surface area contributed by atoms with E-state index in [9.17, 15) is 14.4 Å². The highest BCUT2D eigenvalue weighted by Gasteiger charge is 2.20. The highest BCUT2D eigenvalue weighted by atomic mass is 16.6. The van der Waals surface area contributed by atoms with E-state index in [4.69, 9.17) is 14.2 Å². The second-order valence-corrected chi connectivity index (χ2v) is 25.9. The Morgan fingerprint density at radius 1 is 0.198 bits per heavy atom. The summed E-state index contributed by atoms with van der Waals surface area (Å²) in [6.45, 7) is 6.75. The summed E-state index contributed by atoms with van der Waals surface area (Å²) in [6.07, 6.45) is 84.4. The first-order valence-electron chi connectivity index (χ1n) is 37.5. The van der Waals surface area contributed by atoms with Gasteiger partial charge in [0.1, 0.15) is 13.2 Å². The lowest BCUT2D eigenvalue weighted by Gasteiger charge is -2.18. The van der Waals surface area contributed by atoms with Crippen LogP contribution in [0.3, 0.4) is 0 Å². The molecule has 0 N–H and O–H groups in total. The smallest absolute Gasteiger partial charge is 0.306 e. The van der Waals surface area contributed by atoms with E-state index in [1.807, 2.05) is 0 Å². The Balaban J connectivity index is 4.12. The fourth-order valence-electron chi connectivity index (χ4n) is 12.0. The lowest BCUT2D eigenvalue weighted by Crippen LogP contribution is -2.30. The summed E-state index contributed by atoms with van der Waals surface area (Å²) in [5.74, 6) is -0.818. The van der Waals surface area contributed by atoms with E-state index in [1.165, 1.54) is 347 Å². The number of unbranched alkanes of at least 4 members (excludes halogenated alkanes) is 60. The molecule has 482 valence electrons. The van der Waals surface area contributed by atoms with Crippen LogP contribution in [-0.2, 0) is 28.6 Å². The first-order valence-corrected chi connectivity index (χ1v) is 37.5. The largest absolute Gasteiger partial charge is 0.462 e. The van der Waals surface area contributed by atoms with E-state index < -0.39 is 6.10 Å². The molecule has 6 heteroatoms. The molecule has 0 aromatic carbocycles. The fourth-order valence-corrected chi connectivity index (χ4v) is 12.0. The summed E-state index contributed by atoms with van der Waals surface area (Å²) in [6, 6.07) is 0. The van der Waals surface area contributed by atoms with Crippen LogP contribution in [0.5, 0.6) is 0 Å². The Morgan fingerprint density at radius 3 is 0.494 bits per heavy atom. The third-order valence-corrected chi connectivity index (χ3v) is 17.6. The molecule has 0 saturated carbocycles. The van der Waals surface area contributed by atoms with Crippen LogP contribution in [0.15, 0.2) is 0 Å². The molecule has 0 aliphatic rings. The molecule has 0 radical (unpaired) electrons. The van der Waals surface area contributed by atoms with Crippen LogP contribution >= 0.6 is 0 Å². The molecule has 0 bridgehead atoms. The molecule has 0 aromatic heterocycles. The maximum Gasteiger partial charge on any atom is 0.306 e. The van der Waals surface area contributed by atoms with Crippen molar-refractivity contribution < 1.29 is 28.6 Å². The van der Waals surface area contributed by atoms with Crippen molar-refractivity contribution in [2.75, 3.05) is 13.2 Å². The van der Waals surface area contributed by atoms with E-state index in [0.29, 0.717) is 19.3 Å². The monoisotopic (exact) mass is 1140 g/mol. The number of esters is 3. The minimum absolute atomic E-state index is 0.0601. The Labute approximate surface area is 508 Å². The van der Waals surface area contributed by atoms with Gasteiger partial charge in [0.25, 0.3) is 0 Å². The zero-order valence-corrected chi connectivity index (χ0v) is 55.6. The van der Waals surface area contributed by atoms with Crippen molar-refractivity contribution in [1.82, 2.24) is 0 Å². The molecule has 0 amide bonds. The van der Waals surface area contributed by atoms with Gasteiger partial charge in [0.05, 0.1) is 0 Å². The molecule has 0 saturated heterocycles. The molecule has 1 unspecified atom stereocenters. The molecule has 0 aliphatic heterocycles. The summed E-state index contributed by atoms with van der Waals surface area (Å²) in [5.41, 5.74) is 0. The molecule has 0 aliphatic carbocycles. The summed E-state index contributed by atoms with van der Waals surface area (Å²) in [7, 11) is 0. The number of ether oxygens (including phenoxy) is 3. The second-order valence-electron chi connectivity index (χ2n) is 25.9. The van der Waals surface area contributed by atoms with Crippen molar-refractivity contribution in [2.45, 2.75) is 451 Å². The number of rotatable bonds is 71. The van der Waals surface area contributed by atoms with E-state index >= 15 is 0 Å². The Kier molecular flexibility index (Phi) is 69.5. The summed E-state index contributed by atoms with van der Waals surface area (Å²) in [5, 5.41) is 0. The van der Waals surface area contributed by atoms with Crippen molar-refractivity contribution in [1.29, 1.82) is 0 Å². The molecule has 1 atom stereocenters. The van der Waals surface area contributed by atoms with E-state index in [2.05, 4.69) is 20.8 Å². The van der Waals surface area contributed by atoms with Gasteiger partial charge in [-0.25, -0.2) is 0 Å². The topological polar surface area (TPSA) is 78.9 Å². The number of hydrogen-bond donors (Lipinski definition) is 0. The number of hydrogen-bond acceptors (Lipinski definition) is 6. The van der Waals surface area contributed by atoms with Crippen LogP contribution in [0.4, 0.5) is 0 Å². The van der Waals surface area contributed by atoms with Crippen LogP contribution in [0.2, 0.25) is 0 Å². The summed E-state index contributed by atoms with van der Waals surface area (Å²) < 4.78 is 17.0. The zero-order valence-electron chi connectivity index (χ0n) is 55.6. The van der Waals surface area contributed by atoms with Crippen molar-refractivity contribution in [2.24, 2.45) is 0 Å². The second kappa shape index (κ2) is 70.9. The van der Waals surface area contributed by atoms with Gasteiger partial charge in [-0.3, -0.25) is 14.4 Å². The van der Waals surface area contributed by atoms with Gasteiger partial charge in [-0.1, -0.05) is 406 Å². The number of carbonyl (C=O) groups excluding carboxylic acids is 3. The van der Waals surface area contributed by atoms with Crippen LogP contribution in [0.1, 0.15) is 445 Å². The summed E-state index contributed by atoms with van der Waals surface area (Å²) in [4.78, 5) is 38.4. The van der Waals surface area contributed by atoms with Crippen molar-refractivity contribution in [3.63, 3.8) is 0 Å². The highest BCUT2D eigenvalue weighted by Crippen LogP contribution is 2.20. The van der Waals surface area contributed by atoms with Crippen LogP contribution in [-0.4, -0.2) is 37.2 Å². The maximum atomic E-state index is 13.0. The van der Waals surface area contributed by atoms with E-state index in [0.717, 1.165) is 57.8 Å². The van der Waals surface area contributed by atoms with Gasteiger partial charge in [0.15, 0.2) is 6.10 Å². The van der Waals surface area contributed by atoms with Gasteiger partial charge in [0.2, 0.25) is 0 Å². The average molecular weight is 1140 g/mol. The minimum atomic E-state index is -0.763. The van der Waals surface area contributed by atoms with Gasteiger partial charge >= 0.3 is 17.9 Å². The molecule has 0 fully saturated rings.